The minimum absolute atomic E-state index is 0.0700. The molecule has 0 aliphatic heterocycles. The van der Waals surface area contributed by atoms with E-state index in [9.17, 15) is 9.90 Å². The fraction of sp³-hybridized carbons (Fsp3) is 0.154. The number of amides is 1. The van der Waals surface area contributed by atoms with Crippen LogP contribution in [0.3, 0.4) is 0 Å². The van der Waals surface area contributed by atoms with Crippen LogP contribution >= 0.6 is 0 Å². The van der Waals surface area contributed by atoms with E-state index in [1.807, 2.05) is 19.9 Å². The highest BCUT2D eigenvalue weighted by molar-refractivity contribution is 6.05. The molecule has 18 heavy (non-hydrogen) atoms. The van der Waals surface area contributed by atoms with Crippen molar-refractivity contribution in [1.82, 2.24) is 9.97 Å². The number of aromatic nitrogens is 2. The Bertz CT molecular complexity index is 576. The van der Waals surface area contributed by atoms with Crippen LogP contribution in [0.4, 0.5) is 5.95 Å². The first-order valence-corrected chi connectivity index (χ1v) is 5.48. The van der Waals surface area contributed by atoms with E-state index in [4.69, 9.17) is 0 Å². The lowest BCUT2D eigenvalue weighted by Crippen LogP contribution is -2.15. The van der Waals surface area contributed by atoms with Crippen molar-refractivity contribution < 1.29 is 9.90 Å². The van der Waals surface area contributed by atoms with E-state index in [1.54, 1.807) is 12.1 Å². The summed E-state index contributed by atoms with van der Waals surface area (Å²) in [5, 5.41) is 12.1. The summed E-state index contributed by atoms with van der Waals surface area (Å²) in [7, 11) is 0. The van der Waals surface area contributed by atoms with Gasteiger partial charge >= 0.3 is 0 Å². The maximum Gasteiger partial charge on any atom is 0.261 e. The molecule has 0 bridgehead atoms. The molecule has 0 unspecified atom stereocenters. The van der Waals surface area contributed by atoms with Crippen LogP contribution in [0, 0.1) is 13.8 Å². The lowest BCUT2D eigenvalue weighted by molar-refractivity contribution is 0.102. The van der Waals surface area contributed by atoms with Crippen LogP contribution in [0.15, 0.2) is 30.3 Å². The number of phenolic OH excluding ortho intramolecular Hbond substituents is 1. The summed E-state index contributed by atoms with van der Waals surface area (Å²) >= 11 is 0. The van der Waals surface area contributed by atoms with Gasteiger partial charge in [-0.15, -0.1) is 0 Å². The maximum atomic E-state index is 11.9. The minimum atomic E-state index is -0.432. The molecular formula is C13H13N3O2. The molecule has 0 atom stereocenters. The van der Waals surface area contributed by atoms with E-state index in [0.29, 0.717) is 0 Å². The molecule has 5 heteroatoms. The molecule has 5 nitrogen and oxygen atoms in total. The molecule has 0 spiro atoms. The molecule has 0 saturated carbocycles. The van der Waals surface area contributed by atoms with Gasteiger partial charge < -0.3 is 5.11 Å². The van der Waals surface area contributed by atoms with Crippen molar-refractivity contribution in [2.45, 2.75) is 13.8 Å². The van der Waals surface area contributed by atoms with Crippen molar-refractivity contribution in [3.63, 3.8) is 0 Å². The predicted molar refractivity (Wildman–Crippen MR) is 67.6 cm³/mol. The third kappa shape index (κ3) is 2.63. The number of anilines is 1. The van der Waals surface area contributed by atoms with Gasteiger partial charge in [-0.1, -0.05) is 12.1 Å². The Morgan fingerprint density at radius 2 is 1.78 bits per heavy atom. The first kappa shape index (κ1) is 12.0. The minimum Gasteiger partial charge on any atom is -0.507 e. The van der Waals surface area contributed by atoms with E-state index < -0.39 is 5.91 Å². The van der Waals surface area contributed by atoms with Crippen LogP contribution in [-0.2, 0) is 0 Å². The van der Waals surface area contributed by atoms with Crippen molar-refractivity contribution in [1.29, 1.82) is 0 Å². The predicted octanol–water partition coefficient (Wildman–Crippen LogP) is 2.05. The van der Waals surface area contributed by atoms with Gasteiger partial charge in [0, 0.05) is 11.4 Å². The molecule has 1 aromatic carbocycles. The van der Waals surface area contributed by atoms with E-state index >= 15 is 0 Å². The van der Waals surface area contributed by atoms with Crippen molar-refractivity contribution in [2.75, 3.05) is 5.32 Å². The molecule has 2 rings (SSSR count). The van der Waals surface area contributed by atoms with Gasteiger partial charge in [0.25, 0.3) is 5.91 Å². The van der Waals surface area contributed by atoms with Crippen LogP contribution in [-0.4, -0.2) is 21.0 Å². The number of phenols is 1. The number of carbonyl (C=O) groups is 1. The smallest absolute Gasteiger partial charge is 0.261 e. The van der Waals surface area contributed by atoms with Crippen LogP contribution in [0.2, 0.25) is 0 Å². The van der Waals surface area contributed by atoms with E-state index in [1.165, 1.54) is 12.1 Å². The summed E-state index contributed by atoms with van der Waals surface area (Å²) < 4.78 is 0. The Hall–Kier alpha value is -2.43. The second kappa shape index (κ2) is 4.83. The number of rotatable bonds is 2. The lowest BCUT2D eigenvalue weighted by atomic mass is 10.2. The van der Waals surface area contributed by atoms with Gasteiger partial charge in [-0.2, -0.15) is 0 Å². The Balaban J connectivity index is 2.24. The quantitative estimate of drug-likeness (QED) is 0.846. The Labute approximate surface area is 105 Å². The number of aromatic hydroxyl groups is 1. The van der Waals surface area contributed by atoms with Gasteiger partial charge in [0.15, 0.2) is 0 Å². The summed E-state index contributed by atoms with van der Waals surface area (Å²) in [5.74, 6) is -0.266. The SMILES string of the molecule is Cc1cc(C)nc(NC(=O)c2ccccc2O)n1. The number of hydrogen-bond acceptors (Lipinski definition) is 4. The molecule has 1 aromatic heterocycles. The van der Waals surface area contributed by atoms with Gasteiger partial charge in [-0.3, -0.25) is 10.1 Å². The molecule has 2 N–H and O–H groups in total. The van der Waals surface area contributed by atoms with Crippen molar-refractivity contribution in [2.24, 2.45) is 0 Å². The van der Waals surface area contributed by atoms with Crippen LogP contribution in [0.1, 0.15) is 21.7 Å². The fourth-order valence-electron chi connectivity index (χ4n) is 1.62. The van der Waals surface area contributed by atoms with Gasteiger partial charge in [0.1, 0.15) is 5.75 Å². The Morgan fingerprint density at radius 3 is 2.39 bits per heavy atom. The van der Waals surface area contributed by atoms with Crippen LogP contribution < -0.4 is 5.32 Å². The van der Waals surface area contributed by atoms with E-state index in [0.717, 1.165) is 11.4 Å². The Morgan fingerprint density at radius 1 is 1.17 bits per heavy atom. The monoisotopic (exact) mass is 243 g/mol. The van der Waals surface area contributed by atoms with Gasteiger partial charge in [-0.05, 0) is 32.0 Å². The average Bonchev–Trinajstić information content (AvgIpc) is 2.27. The summed E-state index contributed by atoms with van der Waals surface area (Å²) in [4.78, 5) is 20.1. The summed E-state index contributed by atoms with van der Waals surface area (Å²) in [6.07, 6.45) is 0. The highest BCUT2D eigenvalue weighted by Gasteiger charge is 2.11. The highest BCUT2D eigenvalue weighted by atomic mass is 16.3. The highest BCUT2D eigenvalue weighted by Crippen LogP contribution is 2.16. The second-order valence-electron chi connectivity index (χ2n) is 3.95. The molecule has 0 radical (unpaired) electrons. The molecular weight excluding hydrogens is 230 g/mol. The summed E-state index contributed by atoms with van der Waals surface area (Å²) in [5.41, 5.74) is 1.74. The lowest BCUT2D eigenvalue weighted by Gasteiger charge is -2.06. The third-order valence-corrected chi connectivity index (χ3v) is 2.36. The van der Waals surface area contributed by atoms with E-state index in [-0.39, 0.29) is 17.3 Å². The topological polar surface area (TPSA) is 75.1 Å². The Kier molecular flexibility index (Phi) is 3.23. The van der Waals surface area contributed by atoms with Gasteiger partial charge in [-0.25, -0.2) is 9.97 Å². The van der Waals surface area contributed by atoms with Gasteiger partial charge in [0.2, 0.25) is 5.95 Å². The van der Waals surface area contributed by atoms with Crippen LogP contribution in [0.5, 0.6) is 5.75 Å². The number of aryl methyl sites for hydroxylation is 2. The molecule has 1 heterocycles. The van der Waals surface area contributed by atoms with Crippen molar-refractivity contribution in [3.8, 4) is 5.75 Å². The van der Waals surface area contributed by atoms with Gasteiger partial charge in [0.05, 0.1) is 5.56 Å². The average molecular weight is 243 g/mol. The number of hydrogen-bond donors (Lipinski definition) is 2. The number of nitrogens with zero attached hydrogens (tertiary/aromatic N) is 2. The van der Waals surface area contributed by atoms with Crippen LogP contribution in [0.25, 0.3) is 0 Å². The molecule has 0 aliphatic rings. The first-order chi connectivity index (χ1) is 8.56. The number of para-hydroxylation sites is 1. The molecule has 0 aliphatic carbocycles. The normalized spacial score (nSPS) is 10.1. The zero-order valence-corrected chi connectivity index (χ0v) is 10.1. The zero-order valence-electron chi connectivity index (χ0n) is 10.1. The molecule has 2 aromatic rings. The van der Waals surface area contributed by atoms with Crippen molar-refractivity contribution >= 4 is 11.9 Å². The van der Waals surface area contributed by atoms with E-state index in [2.05, 4.69) is 15.3 Å². The summed E-state index contributed by atoms with van der Waals surface area (Å²) in [6.45, 7) is 3.65. The fourth-order valence-corrected chi connectivity index (χ4v) is 1.62. The number of benzene rings is 1. The molecule has 0 fully saturated rings. The molecule has 1 amide bonds. The number of nitrogens with one attached hydrogen (secondary N) is 1. The third-order valence-electron chi connectivity index (χ3n) is 2.36. The number of carbonyl (C=O) groups excluding carboxylic acids is 1. The molecule has 0 saturated heterocycles. The largest absolute Gasteiger partial charge is 0.507 e. The molecule has 92 valence electrons. The zero-order chi connectivity index (χ0) is 13.1. The first-order valence-electron chi connectivity index (χ1n) is 5.48. The van der Waals surface area contributed by atoms with Crippen molar-refractivity contribution in [3.05, 3.63) is 47.3 Å². The standard InChI is InChI=1S/C13H13N3O2/c1-8-7-9(2)15-13(14-8)16-12(18)10-5-3-4-6-11(10)17/h3-7,17H,1-2H3,(H,14,15,16,18). The summed E-state index contributed by atoms with van der Waals surface area (Å²) in [6, 6.07) is 8.14. The second-order valence-corrected chi connectivity index (χ2v) is 3.95. The maximum absolute atomic E-state index is 11.9.